The molecule has 4 nitrogen and oxygen atoms in total. The van der Waals surface area contributed by atoms with Gasteiger partial charge in [0.25, 0.3) is 0 Å². The summed E-state index contributed by atoms with van der Waals surface area (Å²) in [4.78, 5) is 0. The molecule has 3 unspecified atom stereocenters. The lowest BCUT2D eigenvalue weighted by molar-refractivity contribution is 0.0259. The highest BCUT2D eigenvalue weighted by atomic mass is 16.5. The third kappa shape index (κ3) is 4.60. The van der Waals surface area contributed by atoms with Crippen molar-refractivity contribution in [3.63, 3.8) is 0 Å². The highest BCUT2D eigenvalue weighted by Crippen LogP contribution is 2.54. The fourth-order valence-electron chi connectivity index (χ4n) is 5.16. The molecule has 0 aliphatic heterocycles. The van der Waals surface area contributed by atoms with Gasteiger partial charge >= 0.3 is 0 Å². The molecule has 0 radical (unpaired) electrons. The quantitative estimate of drug-likeness (QED) is 0.477. The first-order chi connectivity index (χ1) is 14.9. The van der Waals surface area contributed by atoms with Gasteiger partial charge in [-0.15, -0.1) is 0 Å². The highest BCUT2D eigenvalue weighted by molar-refractivity contribution is 5.47. The first-order valence-corrected chi connectivity index (χ1v) is 10.9. The van der Waals surface area contributed by atoms with Crippen LogP contribution in [-0.2, 0) is 6.42 Å². The van der Waals surface area contributed by atoms with Crippen LogP contribution in [0, 0.1) is 5.41 Å². The Balaban J connectivity index is 1.67. The number of benzene rings is 3. The third-order valence-corrected chi connectivity index (χ3v) is 6.63. The first kappa shape index (κ1) is 21.4. The van der Waals surface area contributed by atoms with Gasteiger partial charge in [-0.05, 0) is 60.1 Å². The van der Waals surface area contributed by atoms with E-state index in [-0.39, 0.29) is 11.5 Å². The van der Waals surface area contributed by atoms with Crippen LogP contribution in [0.4, 0.5) is 5.69 Å². The van der Waals surface area contributed by atoms with Crippen LogP contribution in [0.1, 0.15) is 43.4 Å². The van der Waals surface area contributed by atoms with Crippen LogP contribution in [0.3, 0.4) is 0 Å². The molecule has 1 aliphatic carbocycles. The van der Waals surface area contributed by atoms with Gasteiger partial charge in [0.05, 0.1) is 24.4 Å². The molecule has 1 aliphatic rings. The zero-order chi connectivity index (χ0) is 21.9. The van der Waals surface area contributed by atoms with E-state index in [9.17, 15) is 10.3 Å². The summed E-state index contributed by atoms with van der Waals surface area (Å²) in [6, 6.07) is 27.3. The van der Waals surface area contributed by atoms with Crippen LogP contribution in [0.5, 0.6) is 5.75 Å². The summed E-state index contributed by atoms with van der Waals surface area (Å²) in [5, 5.41) is 24.2. The van der Waals surface area contributed by atoms with E-state index in [1.165, 1.54) is 5.06 Å². The van der Waals surface area contributed by atoms with Crippen molar-refractivity contribution in [2.45, 2.75) is 44.2 Å². The highest BCUT2D eigenvalue weighted by Gasteiger charge is 2.50. The zero-order valence-corrected chi connectivity index (χ0v) is 18.2. The predicted molar refractivity (Wildman–Crippen MR) is 123 cm³/mol. The number of ether oxygens (including phenoxy) is 1. The smallest absolute Gasteiger partial charge is 0.118 e. The molecular weight excluding hydrogens is 386 g/mol. The Morgan fingerprint density at radius 2 is 1.52 bits per heavy atom. The summed E-state index contributed by atoms with van der Waals surface area (Å²) < 4.78 is 5.33. The monoisotopic (exact) mass is 417 g/mol. The Morgan fingerprint density at radius 1 is 0.903 bits per heavy atom. The molecule has 0 saturated heterocycles. The van der Waals surface area contributed by atoms with E-state index in [0.717, 1.165) is 29.0 Å². The van der Waals surface area contributed by atoms with Gasteiger partial charge in [-0.25, -0.2) is 5.06 Å². The molecule has 0 spiro atoms. The summed E-state index contributed by atoms with van der Waals surface area (Å²) in [6.07, 6.45) is 2.75. The second-order valence-electron chi connectivity index (χ2n) is 9.07. The van der Waals surface area contributed by atoms with E-state index in [2.05, 4.69) is 19.1 Å². The average Bonchev–Trinajstić information content (AvgIpc) is 3.10. The number of hydroxylamine groups is 1. The molecule has 1 fully saturated rings. The van der Waals surface area contributed by atoms with Gasteiger partial charge in [0.1, 0.15) is 5.75 Å². The summed E-state index contributed by atoms with van der Waals surface area (Å²) in [7, 11) is 1.65. The number of rotatable bonds is 7. The van der Waals surface area contributed by atoms with Gasteiger partial charge < -0.3 is 9.84 Å². The second-order valence-corrected chi connectivity index (χ2v) is 9.07. The minimum absolute atomic E-state index is 0.300. The number of hydrogen-bond acceptors (Lipinski definition) is 4. The molecule has 4 rings (SSSR count). The first-order valence-electron chi connectivity index (χ1n) is 10.9. The average molecular weight is 418 g/mol. The third-order valence-electron chi connectivity index (χ3n) is 6.63. The van der Waals surface area contributed by atoms with Crippen molar-refractivity contribution in [1.82, 2.24) is 0 Å². The van der Waals surface area contributed by atoms with E-state index in [0.29, 0.717) is 19.3 Å². The van der Waals surface area contributed by atoms with Crippen molar-refractivity contribution < 1.29 is 15.1 Å². The maximum atomic E-state index is 11.5. The van der Waals surface area contributed by atoms with Gasteiger partial charge in [-0.2, -0.15) is 0 Å². The minimum Gasteiger partial charge on any atom is -0.497 e. The van der Waals surface area contributed by atoms with Crippen molar-refractivity contribution in [3.8, 4) is 5.75 Å². The molecule has 162 valence electrons. The van der Waals surface area contributed by atoms with Gasteiger partial charge in [-0.1, -0.05) is 67.6 Å². The minimum atomic E-state index is -0.793. The van der Waals surface area contributed by atoms with Crippen molar-refractivity contribution in [2.75, 3.05) is 12.2 Å². The molecule has 0 amide bonds. The van der Waals surface area contributed by atoms with E-state index in [1.807, 2.05) is 72.8 Å². The molecule has 0 aromatic heterocycles. The number of nitrogens with zero attached hydrogens (tertiary/aromatic N) is 1. The van der Waals surface area contributed by atoms with Gasteiger partial charge in [0.15, 0.2) is 0 Å². The number of hydrogen-bond donors (Lipinski definition) is 2. The van der Waals surface area contributed by atoms with Gasteiger partial charge in [0, 0.05) is 6.42 Å². The molecule has 3 atom stereocenters. The van der Waals surface area contributed by atoms with Crippen molar-refractivity contribution in [1.29, 1.82) is 0 Å². The molecule has 3 aromatic carbocycles. The molecule has 0 heterocycles. The lowest BCUT2D eigenvalue weighted by Gasteiger charge is -2.41. The van der Waals surface area contributed by atoms with Crippen LogP contribution >= 0.6 is 0 Å². The summed E-state index contributed by atoms with van der Waals surface area (Å²) in [6.45, 7) is 2.18. The summed E-state index contributed by atoms with van der Waals surface area (Å²) in [5.41, 5.74) is 1.77. The number of methoxy groups -OCH3 is 1. The predicted octanol–water partition coefficient (Wildman–Crippen LogP) is 5.80. The lowest BCUT2D eigenvalue weighted by atomic mass is 9.75. The Hall–Kier alpha value is -2.82. The van der Waals surface area contributed by atoms with E-state index < -0.39 is 5.60 Å². The van der Waals surface area contributed by atoms with E-state index in [4.69, 9.17) is 4.74 Å². The fourth-order valence-corrected chi connectivity index (χ4v) is 5.16. The van der Waals surface area contributed by atoms with Crippen LogP contribution in [-0.4, -0.2) is 23.0 Å². The molecule has 1 saturated carbocycles. The largest absolute Gasteiger partial charge is 0.497 e. The van der Waals surface area contributed by atoms with Crippen LogP contribution in [0.2, 0.25) is 0 Å². The zero-order valence-electron chi connectivity index (χ0n) is 18.2. The van der Waals surface area contributed by atoms with Crippen LogP contribution in [0.25, 0.3) is 0 Å². The number of anilines is 1. The Kier molecular flexibility index (Phi) is 6.03. The van der Waals surface area contributed by atoms with E-state index >= 15 is 0 Å². The Labute approximate surface area is 184 Å². The number of aliphatic hydroxyl groups is 1. The molecule has 2 N–H and O–H groups in total. The standard InChI is InChI=1S/C27H31NO3/c1-26(17-18-27(29,20-26)19-21-9-5-3-6-10-21)25(22-13-15-24(31-2)16-14-22)28(30)23-11-7-4-8-12-23/h3-16,25,29-30H,17-20H2,1-2H3. The molecule has 4 heteroatoms. The topological polar surface area (TPSA) is 52.9 Å². The van der Waals surface area contributed by atoms with Crippen molar-refractivity contribution in [2.24, 2.45) is 5.41 Å². The maximum absolute atomic E-state index is 11.5. The lowest BCUT2D eigenvalue weighted by Crippen LogP contribution is -2.39. The molecule has 3 aromatic rings. The van der Waals surface area contributed by atoms with Crippen molar-refractivity contribution in [3.05, 3.63) is 96.1 Å². The van der Waals surface area contributed by atoms with Crippen LogP contribution in [0.15, 0.2) is 84.9 Å². The van der Waals surface area contributed by atoms with Gasteiger partial charge in [-0.3, -0.25) is 5.21 Å². The molecular formula is C27H31NO3. The molecule has 0 bridgehead atoms. The van der Waals surface area contributed by atoms with Gasteiger partial charge in [0.2, 0.25) is 0 Å². The normalized spacial score (nSPS) is 24.0. The SMILES string of the molecule is COc1ccc(C(N(O)c2ccccc2)C2(C)CCC(O)(Cc3ccccc3)C2)cc1. The Morgan fingerprint density at radius 3 is 2.13 bits per heavy atom. The Bertz CT molecular complexity index is 976. The molecule has 31 heavy (non-hydrogen) atoms. The maximum Gasteiger partial charge on any atom is 0.118 e. The number of para-hydroxylation sites is 1. The van der Waals surface area contributed by atoms with Crippen molar-refractivity contribution >= 4 is 5.69 Å². The fraction of sp³-hybridized carbons (Fsp3) is 0.333. The van der Waals surface area contributed by atoms with Crippen LogP contribution < -0.4 is 9.80 Å². The van der Waals surface area contributed by atoms with E-state index in [1.54, 1.807) is 7.11 Å². The second kappa shape index (κ2) is 8.74. The summed E-state index contributed by atoms with van der Waals surface area (Å²) >= 11 is 0. The summed E-state index contributed by atoms with van der Waals surface area (Å²) in [5.74, 6) is 0.781.